The van der Waals surface area contributed by atoms with Crippen LogP contribution in [0.2, 0.25) is 0 Å². The molecule has 0 bridgehead atoms. The van der Waals surface area contributed by atoms with Gasteiger partial charge in [0.25, 0.3) is 0 Å². The molecule has 0 amide bonds. The van der Waals surface area contributed by atoms with Crippen molar-refractivity contribution in [3.05, 3.63) is 29.6 Å². The molecule has 2 rings (SSSR count). The van der Waals surface area contributed by atoms with Gasteiger partial charge in [0.15, 0.2) is 0 Å². The maximum atomic E-state index is 5.28. The SMILES string of the molecule is CNC1(c2cc(C(C)C)ccn2)COC1. The molecule has 1 N–H and O–H groups in total. The highest BCUT2D eigenvalue weighted by molar-refractivity contribution is 5.26. The van der Waals surface area contributed by atoms with E-state index >= 15 is 0 Å². The minimum Gasteiger partial charge on any atom is -0.377 e. The minimum atomic E-state index is -0.0507. The second kappa shape index (κ2) is 3.91. The van der Waals surface area contributed by atoms with Gasteiger partial charge in [0.1, 0.15) is 5.54 Å². The van der Waals surface area contributed by atoms with Crippen molar-refractivity contribution in [2.24, 2.45) is 0 Å². The third-order valence-corrected chi connectivity index (χ3v) is 3.12. The summed E-state index contributed by atoms with van der Waals surface area (Å²) in [5, 5.41) is 3.31. The molecule has 0 aromatic carbocycles. The highest BCUT2D eigenvalue weighted by Crippen LogP contribution is 2.29. The van der Waals surface area contributed by atoms with Gasteiger partial charge in [0, 0.05) is 6.20 Å². The number of ether oxygens (including phenoxy) is 1. The largest absolute Gasteiger partial charge is 0.377 e. The Labute approximate surface area is 90.9 Å². The van der Waals surface area contributed by atoms with Gasteiger partial charge in [0.2, 0.25) is 0 Å². The lowest BCUT2D eigenvalue weighted by Gasteiger charge is -2.40. The Balaban J connectivity index is 2.31. The molecule has 0 radical (unpaired) electrons. The number of likely N-dealkylation sites (N-methyl/N-ethyl adjacent to an activating group) is 1. The molecule has 1 fully saturated rings. The van der Waals surface area contributed by atoms with Crippen LogP contribution >= 0.6 is 0 Å². The molecule has 2 heterocycles. The van der Waals surface area contributed by atoms with E-state index in [1.165, 1.54) is 5.56 Å². The van der Waals surface area contributed by atoms with E-state index in [1.54, 1.807) is 0 Å². The molecule has 0 spiro atoms. The van der Waals surface area contributed by atoms with E-state index in [0.29, 0.717) is 5.92 Å². The van der Waals surface area contributed by atoms with Crippen molar-refractivity contribution in [2.45, 2.75) is 25.3 Å². The van der Waals surface area contributed by atoms with Gasteiger partial charge in [-0.2, -0.15) is 0 Å². The predicted molar refractivity (Wildman–Crippen MR) is 59.9 cm³/mol. The fourth-order valence-corrected chi connectivity index (χ4v) is 1.79. The van der Waals surface area contributed by atoms with Crippen LogP contribution in [0, 0.1) is 0 Å². The molecule has 82 valence electrons. The summed E-state index contributed by atoms with van der Waals surface area (Å²) < 4.78 is 5.28. The van der Waals surface area contributed by atoms with Crippen molar-refractivity contribution in [1.82, 2.24) is 10.3 Å². The average molecular weight is 206 g/mol. The number of nitrogens with one attached hydrogen (secondary N) is 1. The average Bonchev–Trinajstić information content (AvgIpc) is 2.17. The van der Waals surface area contributed by atoms with Gasteiger partial charge in [-0.15, -0.1) is 0 Å². The Hall–Kier alpha value is -0.930. The van der Waals surface area contributed by atoms with Gasteiger partial charge >= 0.3 is 0 Å². The normalized spacial score (nSPS) is 18.9. The first-order chi connectivity index (χ1) is 7.18. The van der Waals surface area contributed by atoms with Crippen LogP contribution in [-0.2, 0) is 10.3 Å². The second-order valence-corrected chi connectivity index (χ2v) is 4.45. The molecule has 3 nitrogen and oxygen atoms in total. The van der Waals surface area contributed by atoms with Crippen molar-refractivity contribution in [3.63, 3.8) is 0 Å². The first kappa shape index (κ1) is 10.6. The van der Waals surface area contributed by atoms with E-state index < -0.39 is 0 Å². The molecule has 1 aliphatic rings. The molecule has 1 aromatic heterocycles. The topological polar surface area (TPSA) is 34.2 Å². The lowest BCUT2D eigenvalue weighted by Crippen LogP contribution is -2.56. The summed E-state index contributed by atoms with van der Waals surface area (Å²) in [7, 11) is 1.96. The first-order valence-corrected chi connectivity index (χ1v) is 5.41. The Morgan fingerprint density at radius 3 is 2.67 bits per heavy atom. The monoisotopic (exact) mass is 206 g/mol. The third kappa shape index (κ3) is 1.77. The van der Waals surface area contributed by atoms with Crippen molar-refractivity contribution >= 4 is 0 Å². The van der Waals surface area contributed by atoms with Crippen LogP contribution in [0.4, 0.5) is 0 Å². The summed E-state index contributed by atoms with van der Waals surface area (Å²) in [5.74, 6) is 0.543. The van der Waals surface area contributed by atoms with Crippen LogP contribution in [0.1, 0.15) is 31.0 Å². The summed E-state index contributed by atoms with van der Waals surface area (Å²) >= 11 is 0. The lowest BCUT2D eigenvalue weighted by atomic mass is 9.90. The molecule has 0 unspecified atom stereocenters. The molecule has 0 aliphatic carbocycles. The maximum absolute atomic E-state index is 5.28. The van der Waals surface area contributed by atoms with E-state index in [0.717, 1.165) is 18.9 Å². The van der Waals surface area contributed by atoms with Crippen molar-refractivity contribution < 1.29 is 4.74 Å². The van der Waals surface area contributed by atoms with Crippen LogP contribution in [0.25, 0.3) is 0 Å². The molecular formula is C12H18N2O. The van der Waals surface area contributed by atoms with Gasteiger partial charge in [-0.05, 0) is 30.7 Å². The number of pyridine rings is 1. The zero-order valence-electron chi connectivity index (χ0n) is 9.58. The molecule has 15 heavy (non-hydrogen) atoms. The summed E-state index contributed by atoms with van der Waals surface area (Å²) in [6.07, 6.45) is 1.89. The predicted octanol–water partition coefficient (Wildman–Crippen LogP) is 1.65. The Morgan fingerprint density at radius 2 is 2.20 bits per heavy atom. The van der Waals surface area contributed by atoms with Crippen LogP contribution in [0.3, 0.4) is 0 Å². The Kier molecular flexibility index (Phi) is 2.76. The van der Waals surface area contributed by atoms with Crippen LogP contribution in [0.15, 0.2) is 18.3 Å². The van der Waals surface area contributed by atoms with Gasteiger partial charge in [-0.3, -0.25) is 4.98 Å². The molecule has 1 saturated heterocycles. The molecular weight excluding hydrogens is 188 g/mol. The minimum absolute atomic E-state index is 0.0507. The Morgan fingerprint density at radius 1 is 1.47 bits per heavy atom. The van der Waals surface area contributed by atoms with Gasteiger partial charge in [0.05, 0.1) is 18.9 Å². The molecule has 0 saturated carbocycles. The quantitative estimate of drug-likeness (QED) is 0.816. The lowest BCUT2D eigenvalue weighted by molar-refractivity contribution is -0.0769. The summed E-state index contributed by atoms with van der Waals surface area (Å²) in [6, 6.07) is 4.26. The molecule has 3 heteroatoms. The van der Waals surface area contributed by atoms with Crippen molar-refractivity contribution in [1.29, 1.82) is 0 Å². The number of hydrogen-bond acceptors (Lipinski definition) is 3. The van der Waals surface area contributed by atoms with Crippen LogP contribution < -0.4 is 5.32 Å². The van der Waals surface area contributed by atoms with E-state index in [-0.39, 0.29) is 5.54 Å². The number of aromatic nitrogens is 1. The summed E-state index contributed by atoms with van der Waals surface area (Å²) in [6.45, 7) is 5.83. The van der Waals surface area contributed by atoms with E-state index in [2.05, 4.69) is 36.3 Å². The first-order valence-electron chi connectivity index (χ1n) is 5.41. The zero-order valence-corrected chi connectivity index (χ0v) is 9.58. The van der Waals surface area contributed by atoms with E-state index in [4.69, 9.17) is 4.74 Å². The zero-order chi connectivity index (χ0) is 10.9. The number of nitrogens with zero attached hydrogens (tertiary/aromatic N) is 1. The highest BCUT2D eigenvalue weighted by Gasteiger charge is 2.40. The smallest absolute Gasteiger partial charge is 0.108 e. The van der Waals surface area contributed by atoms with Crippen molar-refractivity contribution in [3.8, 4) is 0 Å². The van der Waals surface area contributed by atoms with E-state index in [1.807, 2.05) is 13.2 Å². The van der Waals surface area contributed by atoms with Crippen LogP contribution in [0.5, 0.6) is 0 Å². The second-order valence-electron chi connectivity index (χ2n) is 4.45. The standard InChI is InChI=1S/C12H18N2O/c1-9(2)10-4-5-14-11(6-10)12(13-3)7-15-8-12/h4-6,9,13H,7-8H2,1-3H3. The fraction of sp³-hybridized carbons (Fsp3) is 0.583. The summed E-state index contributed by atoms with van der Waals surface area (Å²) in [5.41, 5.74) is 2.38. The fourth-order valence-electron chi connectivity index (χ4n) is 1.79. The van der Waals surface area contributed by atoms with Gasteiger partial charge < -0.3 is 10.1 Å². The number of rotatable bonds is 3. The third-order valence-electron chi connectivity index (χ3n) is 3.12. The van der Waals surface area contributed by atoms with E-state index in [9.17, 15) is 0 Å². The van der Waals surface area contributed by atoms with Gasteiger partial charge in [-0.25, -0.2) is 0 Å². The molecule has 1 aliphatic heterocycles. The Bertz CT molecular complexity index is 340. The number of hydrogen-bond donors (Lipinski definition) is 1. The summed E-state index contributed by atoms with van der Waals surface area (Å²) in [4.78, 5) is 4.44. The maximum Gasteiger partial charge on any atom is 0.108 e. The van der Waals surface area contributed by atoms with Crippen LogP contribution in [-0.4, -0.2) is 25.2 Å². The van der Waals surface area contributed by atoms with Crippen molar-refractivity contribution in [2.75, 3.05) is 20.3 Å². The highest BCUT2D eigenvalue weighted by atomic mass is 16.5. The van der Waals surface area contributed by atoms with Gasteiger partial charge in [-0.1, -0.05) is 13.8 Å². The molecule has 0 atom stereocenters. The molecule has 1 aromatic rings.